The summed E-state index contributed by atoms with van der Waals surface area (Å²) >= 11 is 0. The van der Waals surface area contributed by atoms with Crippen molar-refractivity contribution in [2.24, 2.45) is 5.10 Å². The molecule has 0 fully saturated rings. The quantitative estimate of drug-likeness (QED) is 0.609. The van der Waals surface area contributed by atoms with E-state index < -0.39 is 0 Å². The standard InChI is InChI=1S/C17H22N4O2/c1-4-23-15-7-5-14(6-8-15)11-18-21-17(22)10-9-16-12(2)19-20-13(16)3/h5-8,11H,4,9-10H2,1-3H3,(H,19,20)(H,21,22)/b18-11+. The number of hydrazone groups is 1. The average molecular weight is 314 g/mol. The smallest absolute Gasteiger partial charge is 0.240 e. The number of nitrogens with zero attached hydrogens (tertiary/aromatic N) is 2. The van der Waals surface area contributed by atoms with Crippen LogP contribution in [0.2, 0.25) is 0 Å². The second-order valence-electron chi connectivity index (χ2n) is 5.21. The van der Waals surface area contributed by atoms with Gasteiger partial charge in [-0.1, -0.05) is 0 Å². The molecule has 1 amide bonds. The second kappa shape index (κ2) is 8.12. The van der Waals surface area contributed by atoms with E-state index >= 15 is 0 Å². The van der Waals surface area contributed by atoms with Gasteiger partial charge in [-0.3, -0.25) is 9.89 Å². The molecule has 0 atom stereocenters. The van der Waals surface area contributed by atoms with Gasteiger partial charge >= 0.3 is 0 Å². The average Bonchev–Trinajstić information content (AvgIpc) is 2.86. The molecule has 2 aromatic rings. The van der Waals surface area contributed by atoms with Crippen LogP contribution in [-0.4, -0.2) is 28.9 Å². The maximum atomic E-state index is 11.8. The van der Waals surface area contributed by atoms with Crippen LogP contribution >= 0.6 is 0 Å². The van der Waals surface area contributed by atoms with E-state index in [0.717, 1.165) is 28.3 Å². The Labute approximate surface area is 135 Å². The molecule has 0 aliphatic rings. The molecule has 6 heteroatoms. The number of carbonyl (C=O) groups is 1. The zero-order valence-electron chi connectivity index (χ0n) is 13.7. The van der Waals surface area contributed by atoms with Gasteiger partial charge in [0.25, 0.3) is 0 Å². The Morgan fingerprint density at radius 3 is 2.70 bits per heavy atom. The van der Waals surface area contributed by atoms with Gasteiger partial charge in [-0.25, -0.2) is 5.43 Å². The lowest BCUT2D eigenvalue weighted by atomic mass is 10.1. The van der Waals surface area contributed by atoms with Gasteiger partial charge in [0.05, 0.1) is 18.5 Å². The van der Waals surface area contributed by atoms with E-state index in [1.807, 2.05) is 45.0 Å². The fourth-order valence-corrected chi connectivity index (χ4v) is 2.23. The maximum absolute atomic E-state index is 11.8. The van der Waals surface area contributed by atoms with Crippen molar-refractivity contribution in [3.63, 3.8) is 0 Å². The Bertz CT molecular complexity index is 655. The fourth-order valence-electron chi connectivity index (χ4n) is 2.23. The van der Waals surface area contributed by atoms with Crippen molar-refractivity contribution >= 4 is 12.1 Å². The molecule has 0 aliphatic heterocycles. The predicted octanol–water partition coefficient (Wildman–Crippen LogP) is 2.51. The molecule has 1 aromatic carbocycles. The molecule has 1 aromatic heterocycles. The Hall–Kier alpha value is -2.63. The molecule has 0 saturated heterocycles. The van der Waals surface area contributed by atoms with Crippen molar-refractivity contribution in [2.75, 3.05) is 6.61 Å². The second-order valence-corrected chi connectivity index (χ2v) is 5.21. The number of benzene rings is 1. The van der Waals surface area contributed by atoms with Crippen LogP contribution in [0, 0.1) is 13.8 Å². The Kier molecular flexibility index (Phi) is 5.91. The summed E-state index contributed by atoms with van der Waals surface area (Å²) in [6.07, 6.45) is 2.64. The number of nitrogens with one attached hydrogen (secondary N) is 2. The Morgan fingerprint density at radius 2 is 2.09 bits per heavy atom. The Morgan fingerprint density at radius 1 is 1.35 bits per heavy atom. The summed E-state index contributed by atoms with van der Waals surface area (Å²) in [5.74, 6) is 0.701. The van der Waals surface area contributed by atoms with Gasteiger partial charge in [-0.05, 0) is 62.6 Å². The lowest BCUT2D eigenvalue weighted by Crippen LogP contribution is -2.18. The normalized spacial score (nSPS) is 10.9. The van der Waals surface area contributed by atoms with Crippen molar-refractivity contribution in [1.29, 1.82) is 0 Å². The molecule has 122 valence electrons. The number of hydrogen-bond acceptors (Lipinski definition) is 4. The van der Waals surface area contributed by atoms with E-state index in [1.54, 1.807) is 6.21 Å². The number of rotatable bonds is 7. The molecule has 0 unspecified atom stereocenters. The summed E-state index contributed by atoms with van der Waals surface area (Å²) in [6, 6.07) is 7.52. The van der Waals surface area contributed by atoms with Crippen LogP contribution in [0.5, 0.6) is 5.75 Å². The Balaban J connectivity index is 1.79. The number of H-pyrrole nitrogens is 1. The first-order chi connectivity index (χ1) is 11.1. The molecule has 6 nitrogen and oxygen atoms in total. The van der Waals surface area contributed by atoms with E-state index in [1.165, 1.54) is 0 Å². The molecule has 0 aliphatic carbocycles. The summed E-state index contributed by atoms with van der Waals surface area (Å²) in [6.45, 7) is 6.47. The first kappa shape index (κ1) is 16.7. The molecule has 2 rings (SSSR count). The first-order valence-corrected chi connectivity index (χ1v) is 7.65. The monoisotopic (exact) mass is 314 g/mol. The van der Waals surface area contributed by atoms with Gasteiger partial charge in [-0.2, -0.15) is 10.2 Å². The third kappa shape index (κ3) is 4.95. The molecule has 0 bridgehead atoms. The lowest BCUT2D eigenvalue weighted by molar-refractivity contribution is -0.121. The van der Waals surface area contributed by atoms with E-state index in [2.05, 4.69) is 20.7 Å². The maximum Gasteiger partial charge on any atom is 0.240 e. The summed E-state index contributed by atoms with van der Waals surface area (Å²) in [4.78, 5) is 11.8. The number of carbonyl (C=O) groups excluding carboxylic acids is 1. The van der Waals surface area contributed by atoms with Crippen molar-refractivity contribution in [1.82, 2.24) is 15.6 Å². The predicted molar refractivity (Wildman–Crippen MR) is 89.7 cm³/mol. The number of amides is 1. The number of aryl methyl sites for hydroxylation is 2. The van der Waals surface area contributed by atoms with Gasteiger partial charge < -0.3 is 4.74 Å². The van der Waals surface area contributed by atoms with Gasteiger partial charge in [0, 0.05) is 12.1 Å². The highest BCUT2D eigenvalue weighted by molar-refractivity contribution is 5.82. The molecular formula is C17H22N4O2. The lowest BCUT2D eigenvalue weighted by Gasteiger charge is -2.02. The number of aromatic nitrogens is 2. The first-order valence-electron chi connectivity index (χ1n) is 7.65. The summed E-state index contributed by atoms with van der Waals surface area (Å²) in [5.41, 5.74) is 6.48. The van der Waals surface area contributed by atoms with Crippen LogP contribution in [0.3, 0.4) is 0 Å². The van der Waals surface area contributed by atoms with Crippen LogP contribution in [-0.2, 0) is 11.2 Å². The molecule has 23 heavy (non-hydrogen) atoms. The van der Waals surface area contributed by atoms with E-state index in [9.17, 15) is 4.79 Å². The molecule has 0 spiro atoms. The van der Waals surface area contributed by atoms with Gasteiger partial charge in [-0.15, -0.1) is 0 Å². The number of aromatic amines is 1. The molecule has 1 heterocycles. The van der Waals surface area contributed by atoms with Crippen LogP contribution in [0.15, 0.2) is 29.4 Å². The van der Waals surface area contributed by atoms with E-state index in [4.69, 9.17) is 4.74 Å². The molecular weight excluding hydrogens is 292 g/mol. The number of hydrogen-bond donors (Lipinski definition) is 2. The fraction of sp³-hybridized carbons (Fsp3) is 0.353. The van der Waals surface area contributed by atoms with Crippen LogP contribution in [0.4, 0.5) is 0 Å². The zero-order valence-corrected chi connectivity index (χ0v) is 13.7. The van der Waals surface area contributed by atoms with Crippen LogP contribution in [0.25, 0.3) is 0 Å². The van der Waals surface area contributed by atoms with E-state index in [-0.39, 0.29) is 5.91 Å². The minimum Gasteiger partial charge on any atom is -0.494 e. The third-order valence-electron chi connectivity index (χ3n) is 3.48. The van der Waals surface area contributed by atoms with Crippen molar-refractivity contribution in [3.05, 3.63) is 46.8 Å². The van der Waals surface area contributed by atoms with Crippen molar-refractivity contribution < 1.29 is 9.53 Å². The number of ether oxygens (including phenoxy) is 1. The SMILES string of the molecule is CCOc1ccc(/C=N/NC(=O)CCc2c(C)n[nH]c2C)cc1. The molecule has 0 saturated carbocycles. The minimum atomic E-state index is -0.118. The van der Waals surface area contributed by atoms with Crippen molar-refractivity contribution in [2.45, 2.75) is 33.6 Å². The largest absolute Gasteiger partial charge is 0.494 e. The highest BCUT2D eigenvalue weighted by Crippen LogP contribution is 2.12. The van der Waals surface area contributed by atoms with Crippen molar-refractivity contribution in [3.8, 4) is 5.75 Å². The molecule has 0 radical (unpaired) electrons. The van der Waals surface area contributed by atoms with Crippen LogP contribution < -0.4 is 10.2 Å². The third-order valence-corrected chi connectivity index (χ3v) is 3.48. The summed E-state index contributed by atoms with van der Waals surface area (Å²) < 4.78 is 5.37. The van der Waals surface area contributed by atoms with Crippen LogP contribution in [0.1, 0.15) is 35.9 Å². The topological polar surface area (TPSA) is 79.4 Å². The zero-order chi connectivity index (χ0) is 16.7. The molecule has 2 N–H and O–H groups in total. The highest BCUT2D eigenvalue weighted by atomic mass is 16.5. The summed E-state index contributed by atoms with van der Waals surface area (Å²) in [7, 11) is 0. The summed E-state index contributed by atoms with van der Waals surface area (Å²) in [5, 5.41) is 11.0. The van der Waals surface area contributed by atoms with Gasteiger partial charge in [0.2, 0.25) is 5.91 Å². The van der Waals surface area contributed by atoms with Gasteiger partial charge in [0.1, 0.15) is 5.75 Å². The van der Waals surface area contributed by atoms with Gasteiger partial charge in [0.15, 0.2) is 0 Å². The highest BCUT2D eigenvalue weighted by Gasteiger charge is 2.08. The minimum absolute atomic E-state index is 0.118. The van der Waals surface area contributed by atoms with E-state index in [0.29, 0.717) is 19.4 Å².